The van der Waals surface area contributed by atoms with Crippen LogP contribution in [0.5, 0.6) is 17.2 Å². The number of primary amides is 1. The number of H-pyrrole nitrogens is 1. The molecule has 1 amide bonds. The number of aromatic nitrogens is 4. The van der Waals surface area contributed by atoms with Crippen molar-refractivity contribution < 1.29 is 19.4 Å². The zero-order valence-corrected chi connectivity index (χ0v) is 16.0. The molecule has 152 valence electrons. The van der Waals surface area contributed by atoms with Gasteiger partial charge in [0.05, 0.1) is 19.9 Å². The predicted molar refractivity (Wildman–Crippen MR) is 108 cm³/mol. The number of hydrogen-bond donors (Lipinski definition) is 3. The Balaban J connectivity index is 2.03. The molecule has 0 saturated heterocycles. The Bertz CT molecular complexity index is 1340. The molecule has 0 radical (unpaired) electrons. The van der Waals surface area contributed by atoms with Crippen LogP contribution in [-0.2, 0) is 0 Å². The number of phenolic OH excluding ortho intramolecular Hbond substituents is 1. The first-order chi connectivity index (χ1) is 14.4. The maximum Gasteiger partial charge on any atom is 0.332 e. The van der Waals surface area contributed by atoms with Crippen molar-refractivity contribution in [3.8, 4) is 34.3 Å². The van der Waals surface area contributed by atoms with Crippen LogP contribution in [0.25, 0.3) is 28.2 Å². The van der Waals surface area contributed by atoms with Gasteiger partial charge in [-0.2, -0.15) is 0 Å². The first kappa shape index (κ1) is 19.0. The molecule has 4 aromatic rings. The molecule has 0 atom stereocenters. The molecule has 10 heteroatoms. The van der Waals surface area contributed by atoms with E-state index >= 15 is 0 Å². The van der Waals surface area contributed by atoms with Gasteiger partial charge in [-0.05, 0) is 24.3 Å². The molecule has 10 nitrogen and oxygen atoms in total. The molecule has 0 spiro atoms. The van der Waals surface area contributed by atoms with Crippen molar-refractivity contribution >= 4 is 17.1 Å². The fourth-order valence-electron chi connectivity index (χ4n) is 3.14. The van der Waals surface area contributed by atoms with Crippen LogP contribution in [0.3, 0.4) is 0 Å². The quantitative estimate of drug-likeness (QED) is 0.455. The van der Waals surface area contributed by atoms with Crippen LogP contribution in [-0.4, -0.2) is 44.8 Å². The van der Waals surface area contributed by atoms with Crippen molar-refractivity contribution in [3.05, 3.63) is 58.6 Å². The number of nitrogens with two attached hydrogens (primary N) is 1. The molecule has 0 bridgehead atoms. The number of amides is 1. The maximum atomic E-state index is 12.7. The van der Waals surface area contributed by atoms with Crippen molar-refractivity contribution in [2.75, 3.05) is 14.2 Å². The Morgan fingerprint density at radius 1 is 1.10 bits per heavy atom. The molecule has 0 aliphatic rings. The van der Waals surface area contributed by atoms with Gasteiger partial charge in [0.25, 0.3) is 5.91 Å². The number of aromatic amines is 1. The van der Waals surface area contributed by atoms with Gasteiger partial charge >= 0.3 is 5.69 Å². The summed E-state index contributed by atoms with van der Waals surface area (Å²) in [6, 6.07) is 11.1. The zero-order chi connectivity index (χ0) is 21.4. The van der Waals surface area contributed by atoms with Gasteiger partial charge in [-0.1, -0.05) is 12.1 Å². The highest BCUT2D eigenvalue weighted by molar-refractivity contribution is 6.02. The summed E-state index contributed by atoms with van der Waals surface area (Å²) in [6.45, 7) is 0. The minimum Gasteiger partial charge on any atom is -0.508 e. The molecule has 2 aromatic heterocycles. The van der Waals surface area contributed by atoms with E-state index in [1.165, 1.54) is 30.9 Å². The molecule has 4 rings (SSSR count). The van der Waals surface area contributed by atoms with Gasteiger partial charge in [0.15, 0.2) is 28.7 Å². The molecule has 30 heavy (non-hydrogen) atoms. The van der Waals surface area contributed by atoms with Crippen LogP contribution in [0.4, 0.5) is 0 Å². The van der Waals surface area contributed by atoms with Crippen molar-refractivity contribution in [2.24, 2.45) is 5.73 Å². The number of hydrogen-bond acceptors (Lipinski definition) is 7. The zero-order valence-electron chi connectivity index (χ0n) is 16.0. The number of fused-ring (bicyclic) bond motifs is 1. The van der Waals surface area contributed by atoms with Crippen LogP contribution in [0.1, 0.15) is 10.5 Å². The van der Waals surface area contributed by atoms with E-state index in [1.807, 2.05) is 0 Å². The average molecular weight is 407 g/mol. The van der Waals surface area contributed by atoms with Crippen molar-refractivity contribution in [2.45, 2.75) is 0 Å². The number of benzene rings is 2. The lowest BCUT2D eigenvalue weighted by Crippen LogP contribution is -2.15. The van der Waals surface area contributed by atoms with E-state index in [2.05, 4.69) is 15.0 Å². The van der Waals surface area contributed by atoms with Crippen LogP contribution in [0, 0.1) is 0 Å². The van der Waals surface area contributed by atoms with E-state index in [0.29, 0.717) is 22.7 Å². The Hall–Kier alpha value is -4.34. The summed E-state index contributed by atoms with van der Waals surface area (Å²) in [6.07, 6.45) is 0. The van der Waals surface area contributed by atoms with Crippen molar-refractivity contribution in [3.63, 3.8) is 0 Å². The molecular weight excluding hydrogens is 390 g/mol. The number of aromatic hydroxyl groups is 1. The second kappa shape index (κ2) is 7.24. The number of carbonyl (C=O) groups excluding carboxylic acids is 1. The first-order valence-electron chi connectivity index (χ1n) is 8.77. The lowest BCUT2D eigenvalue weighted by molar-refractivity contribution is 0.0997. The minimum atomic E-state index is -0.829. The Kier molecular flexibility index (Phi) is 4.59. The lowest BCUT2D eigenvalue weighted by atomic mass is 10.2. The average Bonchev–Trinajstić information content (AvgIpc) is 3.07. The Morgan fingerprint density at radius 3 is 2.53 bits per heavy atom. The van der Waals surface area contributed by atoms with Crippen LogP contribution >= 0.6 is 0 Å². The van der Waals surface area contributed by atoms with E-state index in [1.54, 1.807) is 30.3 Å². The Labute approximate surface area is 169 Å². The van der Waals surface area contributed by atoms with Gasteiger partial charge in [-0.25, -0.2) is 19.3 Å². The fraction of sp³-hybridized carbons (Fsp3) is 0.100. The van der Waals surface area contributed by atoms with Crippen molar-refractivity contribution in [1.29, 1.82) is 0 Å². The normalized spacial score (nSPS) is 10.9. The molecular formula is C20H17N5O5. The second-order valence-electron chi connectivity index (χ2n) is 6.31. The number of ether oxygens (including phenoxy) is 2. The monoisotopic (exact) mass is 407 g/mol. The van der Waals surface area contributed by atoms with Crippen LogP contribution in [0.2, 0.25) is 0 Å². The smallest absolute Gasteiger partial charge is 0.332 e. The van der Waals surface area contributed by atoms with Crippen molar-refractivity contribution in [1.82, 2.24) is 19.5 Å². The molecule has 4 N–H and O–H groups in total. The number of carbonyl (C=O) groups is 1. The summed E-state index contributed by atoms with van der Waals surface area (Å²) < 4.78 is 11.8. The van der Waals surface area contributed by atoms with Gasteiger partial charge in [-0.15, -0.1) is 0 Å². The third kappa shape index (κ3) is 3.09. The molecule has 2 aromatic carbocycles. The first-order valence-corrected chi connectivity index (χ1v) is 8.77. The SMILES string of the molecule is COc1ccc(-n2c(=O)[nH]c3c(C(N)=O)nc(-c4cccc(O)c4)nc32)cc1OC. The maximum absolute atomic E-state index is 12.7. The number of nitrogens with one attached hydrogen (secondary N) is 1. The molecule has 0 saturated carbocycles. The number of phenols is 1. The standard InChI is InChI=1S/C20H17N5O5/c1-29-13-7-6-11(9-14(13)30-2)25-19-16(23-20(25)28)15(17(21)27)22-18(24-19)10-4-3-5-12(26)8-10/h3-9,26H,1-2H3,(H2,21,27)(H,23,28). The molecule has 0 aliphatic carbocycles. The van der Waals surface area contributed by atoms with Gasteiger partial charge < -0.3 is 25.3 Å². The van der Waals surface area contributed by atoms with Gasteiger partial charge in [0.1, 0.15) is 11.3 Å². The predicted octanol–water partition coefficient (Wildman–Crippen LogP) is 1.60. The van der Waals surface area contributed by atoms with E-state index in [4.69, 9.17) is 15.2 Å². The number of imidazole rings is 1. The third-order valence-corrected chi connectivity index (χ3v) is 4.50. The summed E-state index contributed by atoms with van der Waals surface area (Å²) in [5, 5.41) is 9.78. The van der Waals surface area contributed by atoms with E-state index in [-0.39, 0.29) is 28.4 Å². The summed E-state index contributed by atoms with van der Waals surface area (Å²) in [5.41, 5.74) is 5.94. The van der Waals surface area contributed by atoms with Gasteiger partial charge in [0, 0.05) is 11.6 Å². The van der Waals surface area contributed by atoms with Crippen LogP contribution < -0.4 is 20.9 Å². The van der Waals surface area contributed by atoms with E-state index in [9.17, 15) is 14.7 Å². The lowest BCUT2D eigenvalue weighted by Gasteiger charge is -2.10. The Morgan fingerprint density at radius 2 is 1.87 bits per heavy atom. The van der Waals surface area contributed by atoms with E-state index < -0.39 is 11.6 Å². The second-order valence-corrected chi connectivity index (χ2v) is 6.31. The summed E-state index contributed by atoms with van der Waals surface area (Å²) >= 11 is 0. The largest absolute Gasteiger partial charge is 0.508 e. The van der Waals surface area contributed by atoms with E-state index in [0.717, 1.165) is 0 Å². The highest BCUT2D eigenvalue weighted by Gasteiger charge is 2.21. The number of nitrogens with zero attached hydrogens (tertiary/aromatic N) is 3. The summed E-state index contributed by atoms with van der Waals surface area (Å²) in [7, 11) is 2.98. The molecule has 0 fully saturated rings. The highest BCUT2D eigenvalue weighted by atomic mass is 16.5. The molecule has 0 unspecified atom stereocenters. The van der Waals surface area contributed by atoms with Gasteiger partial charge in [0.2, 0.25) is 0 Å². The topological polar surface area (TPSA) is 145 Å². The van der Waals surface area contributed by atoms with Gasteiger partial charge in [-0.3, -0.25) is 4.79 Å². The van der Waals surface area contributed by atoms with Crippen LogP contribution in [0.15, 0.2) is 47.3 Å². The highest BCUT2D eigenvalue weighted by Crippen LogP contribution is 2.30. The summed E-state index contributed by atoms with van der Waals surface area (Å²) in [4.78, 5) is 36.0. The number of rotatable bonds is 5. The molecule has 0 aliphatic heterocycles. The minimum absolute atomic E-state index is 0.00294. The fourth-order valence-corrected chi connectivity index (χ4v) is 3.14. The number of methoxy groups -OCH3 is 2. The molecule has 2 heterocycles. The summed E-state index contributed by atoms with van der Waals surface area (Å²) in [5.74, 6) is 0.198. The third-order valence-electron chi connectivity index (χ3n) is 4.50.